The number of allylic oxidation sites excluding steroid dienone is 6. The predicted octanol–water partition coefficient (Wildman–Crippen LogP) is 15.9. The van der Waals surface area contributed by atoms with Gasteiger partial charge in [-0.2, -0.15) is 0 Å². The Morgan fingerprint density at radius 3 is 1.27 bits per heavy atom. The fourth-order valence-corrected chi connectivity index (χ4v) is 8.47. The van der Waals surface area contributed by atoms with Gasteiger partial charge in [-0.05, 0) is 70.6 Å². The number of esters is 1. The third-order valence-corrected chi connectivity index (χ3v) is 12.7. The molecule has 0 aliphatic carbocycles. The Hall–Kier alpha value is -1.32. The summed E-state index contributed by atoms with van der Waals surface area (Å²) in [5, 5.41) is 18.4. The topological polar surface area (TPSA) is 132 Å². The lowest BCUT2D eigenvalue weighted by atomic mass is 10.0. The quantitative estimate of drug-likeness (QED) is 0.0236. The van der Waals surface area contributed by atoms with Crippen molar-refractivity contribution in [2.75, 3.05) is 33.0 Å². The van der Waals surface area contributed by atoms with Crippen molar-refractivity contribution in [2.45, 2.75) is 270 Å². The van der Waals surface area contributed by atoms with Gasteiger partial charge in [0.1, 0.15) is 12.2 Å². The molecule has 378 valence electrons. The van der Waals surface area contributed by atoms with E-state index < -0.39 is 33.2 Å². The summed E-state index contributed by atoms with van der Waals surface area (Å²) in [4.78, 5) is 22.7. The van der Waals surface area contributed by atoms with Crippen molar-refractivity contribution in [3.63, 3.8) is 0 Å². The molecule has 0 bridgehead atoms. The van der Waals surface area contributed by atoms with Gasteiger partial charge in [0.05, 0.1) is 26.4 Å². The molecule has 3 unspecified atom stereocenters. The number of carbonyl (C=O) groups is 1. The summed E-state index contributed by atoms with van der Waals surface area (Å²) >= 11 is 0. The van der Waals surface area contributed by atoms with E-state index in [4.69, 9.17) is 23.6 Å². The molecule has 0 fully saturated rings. The fraction of sp³-hybridized carbons (Fsp3) is 0.870. The average molecular weight is 927 g/mol. The predicted molar refractivity (Wildman–Crippen MR) is 270 cm³/mol. The second kappa shape index (κ2) is 51.1. The normalized spacial score (nSPS) is 14.0. The summed E-state index contributed by atoms with van der Waals surface area (Å²) < 4.78 is 33.6. The van der Waals surface area contributed by atoms with Crippen molar-refractivity contribution in [1.82, 2.24) is 0 Å². The van der Waals surface area contributed by atoms with Crippen LogP contribution in [0.5, 0.6) is 0 Å². The zero-order valence-electron chi connectivity index (χ0n) is 41.8. The van der Waals surface area contributed by atoms with Crippen LogP contribution in [0.2, 0.25) is 0 Å². The van der Waals surface area contributed by atoms with Crippen LogP contribution in [-0.4, -0.2) is 66.3 Å². The van der Waals surface area contributed by atoms with E-state index in [1.807, 2.05) is 0 Å². The zero-order chi connectivity index (χ0) is 46.7. The number of ether oxygens (including phenoxy) is 2. The first kappa shape index (κ1) is 62.7. The van der Waals surface area contributed by atoms with Gasteiger partial charge in [-0.25, -0.2) is 4.57 Å². The number of phosphoric acid groups is 1. The molecule has 0 aromatic carbocycles. The summed E-state index contributed by atoms with van der Waals surface area (Å²) in [7, 11) is -4.52. The van der Waals surface area contributed by atoms with Crippen LogP contribution in [0, 0.1) is 0 Å². The summed E-state index contributed by atoms with van der Waals surface area (Å²) in [5.74, 6) is -0.382. The Balaban J connectivity index is 4.03. The van der Waals surface area contributed by atoms with Crippen molar-refractivity contribution in [1.29, 1.82) is 0 Å². The first-order valence-corrected chi connectivity index (χ1v) is 28.5. The summed E-state index contributed by atoms with van der Waals surface area (Å²) in [5.41, 5.74) is 0. The van der Waals surface area contributed by atoms with Gasteiger partial charge in [0.15, 0.2) is 0 Å². The second-order valence-corrected chi connectivity index (χ2v) is 19.7. The van der Waals surface area contributed by atoms with Crippen LogP contribution >= 0.6 is 7.82 Å². The molecule has 0 aliphatic heterocycles. The molecule has 0 aromatic rings. The van der Waals surface area contributed by atoms with Gasteiger partial charge in [0, 0.05) is 13.0 Å². The Kier molecular flexibility index (Phi) is 50.0. The highest BCUT2D eigenvalue weighted by atomic mass is 31.2. The van der Waals surface area contributed by atoms with Crippen molar-refractivity contribution >= 4 is 13.8 Å². The lowest BCUT2D eigenvalue weighted by Crippen LogP contribution is -2.29. The van der Waals surface area contributed by atoms with Gasteiger partial charge in [-0.3, -0.25) is 13.8 Å². The molecule has 0 aromatic heterocycles. The van der Waals surface area contributed by atoms with Crippen molar-refractivity contribution in [3.05, 3.63) is 36.5 Å². The maximum Gasteiger partial charge on any atom is 0.472 e. The van der Waals surface area contributed by atoms with Gasteiger partial charge >= 0.3 is 13.8 Å². The second-order valence-electron chi connectivity index (χ2n) is 18.2. The number of rotatable bonds is 52. The van der Waals surface area contributed by atoms with Crippen molar-refractivity contribution < 1.29 is 43.0 Å². The van der Waals surface area contributed by atoms with Crippen molar-refractivity contribution in [3.8, 4) is 0 Å². The molecule has 0 saturated carbocycles. The van der Waals surface area contributed by atoms with Crippen LogP contribution in [0.15, 0.2) is 36.5 Å². The molecule has 64 heavy (non-hydrogen) atoms. The molecule has 3 atom stereocenters. The number of hydrogen-bond acceptors (Lipinski definition) is 8. The Labute approximate surface area is 395 Å². The average Bonchev–Trinajstić information content (AvgIpc) is 3.29. The van der Waals surface area contributed by atoms with E-state index in [2.05, 4.69) is 50.3 Å². The molecule has 0 aliphatic rings. The van der Waals surface area contributed by atoms with Gasteiger partial charge in [0.2, 0.25) is 0 Å². The summed E-state index contributed by atoms with van der Waals surface area (Å²) in [6.45, 7) is 3.55. The monoisotopic (exact) mass is 927 g/mol. The SMILES string of the molecule is CCCCCCC/C=C\C/C=C\CCCCCCCCCCCCCCOCC(COP(=O)(O)OCC(O)CO)OC(=O)CCCCCCCCCCC/C=C\CCCCCCCC. The molecule has 0 spiro atoms. The largest absolute Gasteiger partial charge is 0.472 e. The minimum absolute atomic E-state index is 0.0497. The smallest absolute Gasteiger partial charge is 0.457 e. The molecular formula is C54H103O9P. The van der Waals surface area contributed by atoms with Crippen molar-refractivity contribution in [2.24, 2.45) is 0 Å². The number of aliphatic hydroxyl groups excluding tert-OH is 2. The molecule has 3 N–H and O–H groups in total. The molecular weight excluding hydrogens is 824 g/mol. The maximum absolute atomic E-state index is 12.7. The van der Waals surface area contributed by atoms with E-state index in [0.717, 1.165) is 44.9 Å². The van der Waals surface area contributed by atoms with Crippen LogP contribution in [0.25, 0.3) is 0 Å². The van der Waals surface area contributed by atoms with Gasteiger partial charge in [-0.1, -0.05) is 217 Å². The highest BCUT2D eigenvalue weighted by Crippen LogP contribution is 2.43. The molecule has 0 radical (unpaired) electrons. The minimum atomic E-state index is -4.52. The number of hydrogen-bond donors (Lipinski definition) is 3. The van der Waals surface area contributed by atoms with Gasteiger partial charge < -0.3 is 24.6 Å². The number of phosphoric ester groups is 1. The van der Waals surface area contributed by atoms with Crippen LogP contribution in [0.4, 0.5) is 0 Å². The highest BCUT2D eigenvalue weighted by molar-refractivity contribution is 7.47. The standard InChI is InChI=1S/C54H103O9P/c1-3-5-7-9-11-13-15-17-19-21-23-24-25-26-27-29-31-33-35-37-39-41-43-45-47-60-50-53(51-62-64(58,59)61-49-52(56)48-55)63-54(57)46-44-42-40-38-36-34-32-30-28-22-20-18-16-14-12-10-8-6-4-2/h15,17-18,20-21,23,52-53,55-56H,3-14,16,19,22,24-51H2,1-2H3,(H,58,59)/b17-15-,20-18-,23-21-. The molecule has 0 rings (SSSR count). The van der Waals surface area contributed by atoms with Gasteiger partial charge in [-0.15, -0.1) is 0 Å². The minimum Gasteiger partial charge on any atom is -0.457 e. The maximum atomic E-state index is 12.7. The van der Waals surface area contributed by atoms with Crippen LogP contribution < -0.4 is 0 Å². The number of aliphatic hydroxyl groups is 2. The Morgan fingerprint density at radius 2 is 0.844 bits per heavy atom. The van der Waals surface area contributed by atoms with Crippen LogP contribution in [0.3, 0.4) is 0 Å². The molecule has 0 saturated heterocycles. The molecule has 10 heteroatoms. The van der Waals surface area contributed by atoms with Crippen LogP contribution in [-0.2, 0) is 27.9 Å². The molecule has 0 heterocycles. The first-order valence-electron chi connectivity index (χ1n) is 27.0. The van der Waals surface area contributed by atoms with E-state index in [0.29, 0.717) is 6.61 Å². The van der Waals surface area contributed by atoms with E-state index in [1.165, 1.54) is 193 Å². The first-order chi connectivity index (χ1) is 31.3. The van der Waals surface area contributed by atoms with Crippen LogP contribution in [0.1, 0.15) is 258 Å². The third kappa shape index (κ3) is 50.1. The highest BCUT2D eigenvalue weighted by Gasteiger charge is 2.26. The lowest BCUT2D eigenvalue weighted by molar-refractivity contribution is -0.154. The third-order valence-electron chi connectivity index (χ3n) is 11.8. The van der Waals surface area contributed by atoms with E-state index in [1.54, 1.807) is 0 Å². The van der Waals surface area contributed by atoms with E-state index in [-0.39, 0.29) is 25.6 Å². The number of carbonyl (C=O) groups excluding carboxylic acids is 1. The lowest BCUT2D eigenvalue weighted by Gasteiger charge is -2.20. The summed E-state index contributed by atoms with van der Waals surface area (Å²) in [6, 6.07) is 0. The molecule has 0 amide bonds. The Bertz CT molecular complexity index is 1100. The Morgan fingerprint density at radius 1 is 0.484 bits per heavy atom. The number of unbranched alkanes of at least 4 members (excludes halogenated alkanes) is 32. The van der Waals surface area contributed by atoms with Gasteiger partial charge in [0.25, 0.3) is 0 Å². The summed E-state index contributed by atoms with van der Waals surface area (Å²) in [6.07, 6.45) is 58.3. The zero-order valence-corrected chi connectivity index (χ0v) is 42.7. The van der Waals surface area contributed by atoms with E-state index in [9.17, 15) is 19.4 Å². The fourth-order valence-electron chi connectivity index (χ4n) is 7.68. The molecule has 9 nitrogen and oxygen atoms in total. The van der Waals surface area contributed by atoms with E-state index >= 15 is 0 Å².